The molecule has 2 aliphatic rings. The van der Waals surface area contributed by atoms with E-state index in [1.807, 2.05) is 42.5 Å². The molecule has 176 valence electrons. The first-order chi connectivity index (χ1) is 14.4. The molecule has 3 atom stereocenters. The van der Waals surface area contributed by atoms with E-state index in [2.05, 4.69) is 22.5 Å². The standard InChI is InChI=1S/C23H30N4O3.2ClH/c1-15(12-24)23(29)30-14-27-11-10-26(16(27)2)13-17-8-9-20-21(22(17)28)18-6-4-5-7-19(18)25(20)3;;/h4-7,10-11,15-17H,8-9,12-14,24H2,1-3H3;2*1H. The molecule has 3 unspecified atom stereocenters. The summed E-state index contributed by atoms with van der Waals surface area (Å²) in [6.45, 7) is 4.92. The number of ketones is 1. The molecule has 2 N–H and O–H groups in total. The number of ether oxygens (including phenoxy) is 1. The van der Waals surface area contributed by atoms with E-state index in [0.717, 1.165) is 35.0 Å². The summed E-state index contributed by atoms with van der Waals surface area (Å²) in [6.07, 6.45) is 5.67. The summed E-state index contributed by atoms with van der Waals surface area (Å²) in [6, 6.07) is 8.13. The van der Waals surface area contributed by atoms with E-state index in [1.165, 1.54) is 0 Å². The Balaban J connectivity index is 0.00000181. The fraction of sp³-hybridized carbons (Fsp3) is 0.478. The van der Waals surface area contributed by atoms with Crippen molar-refractivity contribution < 1.29 is 14.3 Å². The number of benzene rings is 1. The summed E-state index contributed by atoms with van der Waals surface area (Å²) in [5.74, 6) is -0.411. The van der Waals surface area contributed by atoms with Gasteiger partial charge in [0.25, 0.3) is 0 Å². The van der Waals surface area contributed by atoms with Gasteiger partial charge in [0.1, 0.15) is 6.17 Å². The zero-order valence-corrected chi connectivity index (χ0v) is 20.3. The lowest BCUT2D eigenvalue weighted by Gasteiger charge is -2.33. The molecule has 0 bridgehead atoms. The molecule has 1 aromatic carbocycles. The van der Waals surface area contributed by atoms with Crippen LogP contribution in [0.15, 0.2) is 36.7 Å². The molecule has 0 saturated heterocycles. The Morgan fingerprint density at radius 2 is 1.91 bits per heavy atom. The van der Waals surface area contributed by atoms with Crippen LogP contribution in [0, 0.1) is 11.8 Å². The Labute approximate surface area is 201 Å². The fourth-order valence-electron chi connectivity index (χ4n) is 4.44. The highest BCUT2D eigenvalue weighted by Crippen LogP contribution is 2.34. The van der Waals surface area contributed by atoms with Crippen LogP contribution in [0.5, 0.6) is 0 Å². The van der Waals surface area contributed by atoms with Gasteiger partial charge in [0.05, 0.1) is 5.92 Å². The van der Waals surface area contributed by atoms with E-state index in [-0.39, 0.29) is 67.8 Å². The number of carbonyl (C=O) groups excluding carboxylic acids is 2. The van der Waals surface area contributed by atoms with E-state index in [9.17, 15) is 9.59 Å². The molecular formula is C23H32Cl2N4O3. The number of rotatable bonds is 6. The molecule has 2 heterocycles. The number of nitrogens with zero attached hydrogens (tertiary/aromatic N) is 3. The van der Waals surface area contributed by atoms with Crippen molar-refractivity contribution in [1.82, 2.24) is 14.4 Å². The normalized spacial score (nSPS) is 20.6. The molecule has 1 aromatic heterocycles. The molecule has 32 heavy (non-hydrogen) atoms. The first kappa shape index (κ1) is 26.0. The minimum Gasteiger partial charge on any atom is -0.444 e. The minimum absolute atomic E-state index is 0. The Kier molecular flexibility index (Phi) is 8.62. The quantitative estimate of drug-likeness (QED) is 0.636. The van der Waals surface area contributed by atoms with Gasteiger partial charge in [0.2, 0.25) is 0 Å². The largest absolute Gasteiger partial charge is 0.444 e. The second-order valence-corrected chi connectivity index (χ2v) is 8.37. The van der Waals surface area contributed by atoms with Crippen molar-refractivity contribution in [3.05, 3.63) is 47.9 Å². The molecule has 1 aliphatic heterocycles. The minimum atomic E-state index is -0.308. The maximum Gasteiger partial charge on any atom is 0.311 e. The summed E-state index contributed by atoms with van der Waals surface area (Å²) >= 11 is 0. The first-order valence-corrected chi connectivity index (χ1v) is 10.6. The van der Waals surface area contributed by atoms with Gasteiger partial charge in [-0.3, -0.25) is 9.59 Å². The van der Waals surface area contributed by atoms with Gasteiger partial charge in [-0.25, -0.2) is 0 Å². The lowest BCUT2D eigenvalue weighted by molar-refractivity contribution is -0.152. The van der Waals surface area contributed by atoms with Gasteiger partial charge in [-0.1, -0.05) is 25.1 Å². The van der Waals surface area contributed by atoms with Crippen molar-refractivity contribution in [2.45, 2.75) is 32.9 Å². The van der Waals surface area contributed by atoms with E-state index in [1.54, 1.807) is 6.92 Å². The molecule has 0 radical (unpaired) electrons. The topological polar surface area (TPSA) is 80.8 Å². The third-order valence-electron chi connectivity index (χ3n) is 6.53. The van der Waals surface area contributed by atoms with Gasteiger partial charge < -0.3 is 24.8 Å². The SMILES string of the molecule is CC(CN)C(=O)OCN1C=CN(CC2CCc3c(c4ccccc4n3C)C2=O)C1C.Cl.Cl. The highest BCUT2D eigenvalue weighted by atomic mass is 35.5. The Bertz CT molecular complexity index is 1010. The second-order valence-electron chi connectivity index (χ2n) is 8.37. The van der Waals surface area contributed by atoms with Crippen LogP contribution in [0.4, 0.5) is 0 Å². The first-order valence-electron chi connectivity index (χ1n) is 10.6. The predicted molar refractivity (Wildman–Crippen MR) is 130 cm³/mol. The van der Waals surface area contributed by atoms with Crippen molar-refractivity contribution in [2.75, 3.05) is 19.8 Å². The number of aryl methyl sites for hydroxylation is 1. The zero-order valence-electron chi connectivity index (χ0n) is 18.7. The third kappa shape index (κ3) is 4.60. The smallest absolute Gasteiger partial charge is 0.311 e. The lowest BCUT2D eigenvalue weighted by Crippen LogP contribution is -2.42. The molecular weight excluding hydrogens is 451 g/mol. The molecule has 0 spiro atoms. The summed E-state index contributed by atoms with van der Waals surface area (Å²) in [5, 5.41) is 1.05. The molecule has 0 amide bonds. The van der Waals surface area contributed by atoms with E-state index in [4.69, 9.17) is 10.5 Å². The predicted octanol–water partition coefficient (Wildman–Crippen LogP) is 3.30. The maximum absolute atomic E-state index is 13.4. The van der Waals surface area contributed by atoms with Crippen LogP contribution >= 0.6 is 24.8 Å². The van der Waals surface area contributed by atoms with Crippen LogP contribution < -0.4 is 5.73 Å². The van der Waals surface area contributed by atoms with Crippen LogP contribution in [-0.2, 0) is 23.0 Å². The maximum atomic E-state index is 13.4. The van der Waals surface area contributed by atoms with Gasteiger partial charge in [0.15, 0.2) is 12.5 Å². The van der Waals surface area contributed by atoms with Gasteiger partial charge >= 0.3 is 5.97 Å². The molecule has 2 aromatic rings. The van der Waals surface area contributed by atoms with Crippen LogP contribution in [0.2, 0.25) is 0 Å². The zero-order chi connectivity index (χ0) is 21.4. The average Bonchev–Trinajstić information content (AvgIpc) is 3.25. The highest BCUT2D eigenvalue weighted by Gasteiger charge is 2.34. The fourth-order valence-corrected chi connectivity index (χ4v) is 4.44. The number of Topliss-reactive ketones (excluding diaryl/α,β-unsaturated/α-hetero) is 1. The van der Waals surface area contributed by atoms with Crippen molar-refractivity contribution in [1.29, 1.82) is 0 Å². The number of aromatic nitrogens is 1. The second kappa shape index (κ2) is 10.6. The van der Waals surface area contributed by atoms with Gasteiger partial charge in [0, 0.05) is 60.6 Å². The molecule has 9 heteroatoms. The summed E-state index contributed by atoms with van der Waals surface area (Å²) in [4.78, 5) is 29.4. The number of hydrogen-bond acceptors (Lipinski definition) is 6. The van der Waals surface area contributed by atoms with Gasteiger partial charge in [-0.15, -0.1) is 24.8 Å². The Hall–Kier alpha value is -2.22. The summed E-state index contributed by atoms with van der Waals surface area (Å²) in [7, 11) is 2.05. The van der Waals surface area contributed by atoms with Gasteiger partial charge in [-0.05, 0) is 25.8 Å². The number of halogens is 2. The third-order valence-corrected chi connectivity index (χ3v) is 6.53. The van der Waals surface area contributed by atoms with E-state index in [0.29, 0.717) is 6.54 Å². The number of para-hydroxylation sites is 1. The summed E-state index contributed by atoms with van der Waals surface area (Å²) in [5.41, 5.74) is 8.67. The van der Waals surface area contributed by atoms with Crippen LogP contribution in [0.1, 0.15) is 36.3 Å². The van der Waals surface area contributed by atoms with Crippen LogP contribution in [-0.4, -0.2) is 52.1 Å². The Morgan fingerprint density at radius 1 is 1.22 bits per heavy atom. The number of esters is 1. The van der Waals surface area contributed by atoms with Crippen LogP contribution in [0.3, 0.4) is 0 Å². The molecule has 0 saturated carbocycles. The van der Waals surface area contributed by atoms with E-state index >= 15 is 0 Å². The number of nitrogens with two attached hydrogens (primary N) is 1. The molecule has 7 nitrogen and oxygen atoms in total. The molecule has 1 aliphatic carbocycles. The lowest BCUT2D eigenvalue weighted by atomic mass is 9.84. The monoisotopic (exact) mass is 482 g/mol. The van der Waals surface area contributed by atoms with E-state index < -0.39 is 0 Å². The van der Waals surface area contributed by atoms with Gasteiger partial charge in [-0.2, -0.15) is 0 Å². The Morgan fingerprint density at radius 3 is 2.62 bits per heavy atom. The average molecular weight is 483 g/mol. The highest BCUT2D eigenvalue weighted by molar-refractivity contribution is 6.11. The number of carbonyl (C=O) groups is 2. The number of hydrogen-bond donors (Lipinski definition) is 1. The molecule has 0 fully saturated rings. The summed E-state index contributed by atoms with van der Waals surface area (Å²) < 4.78 is 7.53. The number of fused-ring (bicyclic) bond motifs is 3. The van der Waals surface area contributed by atoms with Crippen LogP contribution in [0.25, 0.3) is 10.9 Å². The van der Waals surface area contributed by atoms with Crippen molar-refractivity contribution in [3.8, 4) is 0 Å². The van der Waals surface area contributed by atoms with Crippen molar-refractivity contribution in [2.24, 2.45) is 24.6 Å². The van der Waals surface area contributed by atoms with Crippen molar-refractivity contribution >= 4 is 47.5 Å². The molecule has 4 rings (SSSR count). The van der Waals surface area contributed by atoms with Crippen molar-refractivity contribution in [3.63, 3.8) is 0 Å².